The number of aryl methyl sites for hydroxylation is 1. The summed E-state index contributed by atoms with van der Waals surface area (Å²) in [6.45, 7) is 3.50. The number of hydrogen-bond acceptors (Lipinski definition) is 1. The summed E-state index contributed by atoms with van der Waals surface area (Å²) in [7, 11) is 0. The van der Waals surface area contributed by atoms with Gasteiger partial charge in [0.1, 0.15) is 5.83 Å². The molecule has 1 nitrogen and oxygen atoms in total. The molecule has 4 aliphatic rings. The van der Waals surface area contributed by atoms with E-state index in [0.29, 0.717) is 18.8 Å². The van der Waals surface area contributed by atoms with Crippen molar-refractivity contribution in [1.82, 2.24) is 0 Å². The number of alkyl halides is 2. The number of hydrogen-bond donors (Lipinski definition) is 0. The van der Waals surface area contributed by atoms with Crippen molar-refractivity contribution in [2.45, 2.75) is 76.9 Å². The SMILES string of the molecule is Cc1ccc(C(F)(F)OC23C=C(F)C(C4CCC(C)CC4)(CC2)CC3)c(F)c1F. The Bertz CT molecular complexity index is 815. The van der Waals surface area contributed by atoms with Gasteiger partial charge in [0, 0.05) is 5.41 Å². The van der Waals surface area contributed by atoms with Gasteiger partial charge in [-0.2, -0.15) is 8.78 Å². The van der Waals surface area contributed by atoms with Crippen molar-refractivity contribution in [2.75, 3.05) is 0 Å². The first-order valence-electron chi connectivity index (χ1n) is 10.5. The van der Waals surface area contributed by atoms with E-state index in [0.717, 1.165) is 37.8 Å². The van der Waals surface area contributed by atoms with Crippen molar-refractivity contribution in [3.05, 3.63) is 46.8 Å². The number of benzene rings is 1. The summed E-state index contributed by atoms with van der Waals surface area (Å²) in [4.78, 5) is 0. The Morgan fingerprint density at radius 3 is 2.14 bits per heavy atom. The summed E-state index contributed by atoms with van der Waals surface area (Å²) in [5.41, 5.74) is -3.26. The van der Waals surface area contributed by atoms with Crippen LogP contribution < -0.4 is 0 Å². The number of ether oxygens (including phenoxy) is 1. The molecule has 0 radical (unpaired) electrons. The van der Waals surface area contributed by atoms with Crippen LogP contribution in [0.15, 0.2) is 24.0 Å². The van der Waals surface area contributed by atoms with E-state index in [-0.39, 0.29) is 30.1 Å². The van der Waals surface area contributed by atoms with Crippen LogP contribution in [0.25, 0.3) is 0 Å². The molecule has 0 spiro atoms. The summed E-state index contributed by atoms with van der Waals surface area (Å²) in [6.07, 6.45) is 2.64. The Kier molecular flexibility index (Phi) is 5.08. The smallest absolute Gasteiger partial charge is 0.305 e. The lowest BCUT2D eigenvalue weighted by Crippen LogP contribution is -2.51. The zero-order valence-corrected chi connectivity index (χ0v) is 16.8. The third kappa shape index (κ3) is 3.41. The molecule has 0 N–H and O–H groups in total. The number of fused-ring (bicyclic) bond motifs is 2. The van der Waals surface area contributed by atoms with Crippen LogP contribution in [0.2, 0.25) is 0 Å². The molecule has 4 aliphatic carbocycles. The molecule has 0 amide bonds. The van der Waals surface area contributed by atoms with Gasteiger partial charge in [0.15, 0.2) is 11.6 Å². The van der Waals surface area contributed by atoms with Gasteiger partial charge in [0.05, 0.1) is 11.2 Å². The van der Waals surface area contributed by atoms with E-state index in [1.165, 1.54) is 13.0 Å². The summed E-state index contributed by atoms with van der Waals surface area (Å²) >= 11 is 0. The average Bonchev–Trinajstić information content (AvgIpc) is 2.67. The van der Waals surface area contributed by atoms with Gasteiger partial charge in [-0.3, -0.25) is 0 Å². The molecule has 160 valence electrons. The van der Waals surface area contributed by atoms with Crippen LogP contribution in [0.4, 0.5) is 22.0 Å². The molecular weight excluding hydrogens is 387 g/mol. The molecule has 29 heavy (non-hydrogen) atoms. The summed E-state index contributed by atoms with van der Waals surface area (Å²) in [5, 5.41) is 0. The Labute approximate surface area is 168 Å². The maximum atomic E-state index is 15.2. The molecule has 0 heterocycles. The number of rotatable bonds is 4. The quantitative estimate of drug-likeness (QED) is 0.469. The predicted octanol–water partition coefficient (Wildman–Crippen LogP) is 7.33. The van der Waals surface area contributed by atoms with Crippen LogP contribution in [0.3, 0.4) is 0 Å². The normalized spacial score (nSPS) is 34.9. The number of allylic oxidation sites excluding steroid dienone is 1. The lowest BCUT2D eigenvalue weighted by Gasteiger charge is -2.54. The van der Waals surface area contributed by atoms with Crippen LogP contribution in [-0.2, 0) is 10.8 Å². The van der Waals surface area contributed by atoms with E-state index < -0.39 is 34.3 Å². The highest BCUT2D eigenvalue weighted by atomic mass is 19.3. The molecule has 1 aromatic rings. The zero-order valence-electron chi connectivity index (χ0n) is 16.8. The topological polar surface area (TPSA) is 9.23 Å². The Balaban J connectivity index is 1.59. The van der Waals surface area contributed by atoms with Crippen LogP contribution in [0.1, 0.15) is 69.4 Å². The molecule has 2 fully saturated rings. The van der Waals surface area contributed by atoms with E-state index in [1.807, 2.05) is 0 Å². The Morgan fingerprint density at radius 1 is 0.931 bits per heavy atom. The monoisotopic (exact) mass is 414 g/mol. The Hall–Kier alpha value is -1.43. The van der Waals surface area contributed by atoms with Crippen molar-refractivity contribution < 1.29 is 26.7 Å². The fraction of sp³-hybridized carbons (Fsp3) is 0.652. The molecule has 0 unspecified atom stereocenters. The molecule has 2 bridgehead atoms. The van der Waals surface area contributed by atoms with Crippen molar-refractivity contribution in [1.29, 1.82) is 0 Å². The van der Waals surface area contributed by atoms with Crippen LogP contribution in [0, 0.1) is 35.8 Å². The van der Waals surface area contributed by atoms with Crippen molar-refractivity contribution >= 4 is 0 Å². The molecule has 0 atom stereocenters. The van der Waals surface area contributed by atoms with Gasteiger partial charge in [-0.1, -0.05) is 25.8 Å². The minimum Gasteiger partial charge on any atom is -0.305 e. The fourth-order valence-electron chi connectivity index (χ4n) is 5.61. The average molecular weight is 414 g/mol. The van der Waals surface area contributed by atoms with Gasteiger partial charge in [0.25, 0.3) is 0 Å². The van der Waals surface area contributed by atoms with E-state index >= 15 is 4.39 Å². The van der Waals surface area contributed by atoms with Crippen LogP contribution in [-0.4, -0.2) is 5.60 Å². The number of halogens is 5. The maximum absolute atomic E-state index is 15.2. The molecule has 5 rings (SSSR count). The summed E-state index contributed by atoms with van der Waals surface area (Å²) in [6, 6.07) is 1.93. The molecule has 0 saturated heterocycles. The van der Waals surface area contributed by atoms with E-state index in [9.17, 15) is 17.6 Å². The minimum atomic E-state index is -4.05. The standard InChI is InChI=1S/C23H27F5O/c1-14-3-6-16(7-4-14)22-11-9-21(10-12-22,13-18(22)24)29-23(27,28)17-8-5-15(2)19(25)20(17)26/h5,8,13-14,16H,3-4,6-7,9-12H2,1-2H3. The second kappa shape index (κ2) is 7.07. The first-order chi connectivity index (χ1) is 13.6. The van der Waals surface area contributed by atoms with E-state index in [1.54, 1.807) is 0 Å². The van der Waals surface area contributed by atoms with Crippen LogP contribution in [0.5, 0.6) is 0 Å². The first kappa shape index (κ1) is 20.8. The largest absolute Gasteiger partial charge is 0.387 e. The lowest BCUT2D eigenvalue weighted by atomic mass is 9.54. The van der Waals surface area contributed by atoms with E-state index in [2.05, 4.69) is 6.92 Å². The second-order valence-corrected chi connectivity index (χ2v) is 9.35. The highest BCUT2D eigenvalue weighted by Crippen LogP contribution is 2.61. The third-order valence-electron chi connectivity index (χ3n) is 7.57. The van der Waals surface area contributed by atoms with Gasteiger partial charge in [0.2, 0.25) is 0 Å². The fourth-order valence-corrected chi connectivity index (χ4v) is 5.61. The maximum Gasteiger partial charge on any atom is 0.387 e. The van der Waals surface area contributed by atoms with Gasteiger partial charge >= 0.3 is 6.11 Å². The molecule has 0 aliphatic heterocycles. The second-order valence-electron chi connectivity index (χ2n) is 9.35. The molecular formula is C23H27F5O. The third-order valence-corrected chi connectivity index (χ3v) is 7.57. The highest BCUT2D eigenvalue weighted by Gasteiger charge is 2.57. The Morgan fingerprint density at radius 2 is 1.55 bits per heavy atom. The van der Waals surface area contributed by atoms with Gasteiger partial charge in [-0.05, 0) is 75.0 Å². The summed E-state index contributed by atoms with van der Waals surface area (Å²) in [5.74, 6) is -2.41. The minimum absolute atomic E-state index is 0.0620. The van der Waals surface area contributed by atoms with Gasteiger partial charge in [-0.25, -0.2) is 13.2 Å². The van der Waals surface area contributed by atoms with Crippen molar-refractivity contribution in [3.63, 3.8) is 0 Å². The van der Waals surface area contributed by atoms with Crippen molar-refractivity contribution in [2.24, 2.45) is 17.3 Å². The highest BCUT2D eigenvalue weighted by molar-refractivity contribution is 5.29. The summed E-state index contributed by atoms with van der Waals surface area (Å²) < 4.78 is 77.9. The zero-order chi connectivity index (χ0) is 21.0. The van der Waals surface area contributed by atoms with Gasteiger partial charge < -0.3 is 4.74 Å². The molecule has 0 aromatic heterocycles. The molecule has 1 aromatic carbocycles. The van der Waals surface area contributed by atoms with Crippen molar-refractivity contribution in [3.8, 4) is 0 Å². The van der Waals surface area contributed by atoms with Crippen LogP contribution >= 0.6 is 0 Å². The first-order valence-corrected chi connectivity index (χ1v) is 10.5. The molecule has 2 saturated carbocycles. The van der Waals surface area contributed by atoms with Gasteiger partial charge in [-0.15, -0.1) is 0 Å². The lowest BCUT2D eigenvalue weighted by molar-refractivity contribution is -0.307. The molecule has 6 heteroatoms. The van der Waals surface area contributed by atoms with E-state index in [4.69, 9.17) is 4.74 Å². The predicted molar refractivity (Wildman–Crippen MR) is 100 cm³/mol.